The zero-order chi connectivity index (χ0) is 12.1. The van der Waals surface area contributed by atoms with Gasteiger partial charge in [-0.3, -0.25) is 0 Å². The Hall–Kier alpha value is -0.680. The van der Waals surface area contributed by atoms with E-state index in [1.165, 1.54) is 38.8 Å². The van der Waals surface area contributed by atoms with Gasteiger partial charge in [-0.05, 0) is 39.7 Å². The van der Waals surface area contributed by atoms with E-state index in [1.807, 2.05) is 6.92 Å². The average molecular weight is 254 g/mol. The third kappa shape index (κ3) is 3.92. The van der Waals surface area contributed by atoms with E-state index in [2.05, 4.69) is 27.3 Å². The molecule has 2 rings (SSSR count). The highest BCUT2D eigenvalue weighted by molar-refractivity contribution is 7.15. The zero-order valence-corrected chi connectivity index (χ0v) is 11.6. The van der Waals surface area contributed by atoms with Gasteiger partial charge in [0, 0.05) is 19.1 Å². The summed E-state index contributed by atoms with van der Waals surface area (Å²) in [4.78, 5) is 2.61. The van der Waals surface area contributed by atoms with Gasteiger partial charge in [0.1, 0.15) is 5.01 Å². The first-order valence-electron chi connectivity index (χ1n) is 6.54. The van der Waals surface area contributed by atoms with Crippen molar-refractivity contribution in [1.29, 1.82) is 0 Å². The number of aryl methyl sites for hydroxylation is 1. The monoisotopic (exact) mass is 254 g/mol. The fourth-order valence-electron chi connectivity index (χ4n) is 2.34. The van der Waals surface area contributed by atoms with Crippen LogP contribution >= 0.6 is 11.3 Å². The highest BCUT2D eigenvalue weighted by Crippen LogP contribution is 2.17. The molecule has 0 spiro atoms. The summed E-state index contributed by atoms with van der Waals surface area (Å²) in [6.07, 6.45) is 5.32. The van der Waals surface area contributed by atoms with Gasteiger partial charge in [-0.25, -0.2) is 0 Å². The Kier molecular flexibility index (Phi) is 4.74. The van der Waals surface area contributed by atoms with Crippen LogP contribution < -0.4 is 5.32 Å². The van der Waals surface area contributed by atoms with Crippen molar-refractivity contribution >= 4 is 16.5 Å². The predicted molar refractivity (Wildman–Crippen MR) is 72.6 cm³/mol. The molecule has 1 fully saturated rings. The summed E-state index contributed by atoms with van der Waals surface area (Å²) >= 11 is 1.63. The zero-order valence-electron chi connectivity index (χ0n) is 10.8. The molecule has 1 aromatic heterocycles. The normalized spacial score (nSPS) is 21.6. The standard InChI is InChI=1S/C12H22N4S/c1-10-6-3-4-8-16(10)9-5-7-13-12-15-14-11(2)17-12/h10H,3-9H2,1-2H3,(H,13,15). The Morgan fingerprint density at radius 2 is 2.29 bits per heavy atom. The molecule has 0 radical (unpaired) electrons. The van der Waals surface area contributed by atoms with Crippen LogP contribution in [0.5, 0.6) is 0 Å². The number of piperidine rings is 1. The van der Waals surface area contributed by atoms with Gasteiger partial charge < -0.3 is 10.2 Å². The van der Waals surface area contributed by atoms with Crippen molar-refractivity contribution in [2.24, 2.45) is 0 Å². The second kappa shape index (κ2) is 6.31. The molecule has 0 amide bonds. The van der Waals surface area contributed by atoms with E-state index in [0.717, 1.165) is 22.7 Å². The molecule has 2 heterocycles. The van der Waals surface area contributed by atoms with Crippen molar-refractivity contribution in [3.05, 3.63) is 5.01 Å². The third-order valence-electron chi connectivity index (χ3n) is 3.36. The molecule has 4 nitrogen and oxygen atoms in total. The summed E-state index contributed by atoms with van der Waals surface area (Å²) in [6, 6.07) is 0.771. The number of aromatic nitrogens is 2. The van der Waals surface area contributed by atoms with Gasteiger partial charge in [0.05, 0.1) is 0 Å². The SMILES string of the molecule is Cc1nnc(NCCCN2CCCCC2C)s1. The van der Waals surface area contributed by atoms with Crippen molar-refractivity contribution in [1.82, 2.24) is 15.1 Å². The van der Waals surface area contributed by atoms with Gasteiger partial charge in [-0.15, -0.1) is 10.2 Å². The molecule has 1 atom stereocenters. The van der Waals surface area contributed by atoms with E-state index in [9.17, 15) is 0 Å². The van der Waals surface area contributed by atoms with Crippen LogP contribution in [-0.2, 0) is 0 Å². The van der Waals surface area contributed by atoms with E-state index in [0.29, 0.717) is 0 Å². The van der Waals surface area contributed by atoms with E-state index < -0.39 is 0 Å². The first kappa shape index (κ1) is 12.8. The number of rotatable bonds is 5. The average Bonchev–Trinajstić information content (AvgIpc) is 2.73. The molecule has 1 aromatic rings. The number of nitrogens with zero attached hydrogens (tertiary/aromatic N) is 3. The van der Waals surface area contributed by atoms with Crippen LogP contribution in [-0.4, -0.2) is 40.8 Å². The second-order valence-corrected chi connectivity index (χ2v) is 5.97. The van der Waals surface area contributed by atoms with Gasteiger partial charge >= 0.3 is 0 Å². The van der Waals surface area contributed by atoms with Crippen LogP contribution in [0, 0.1) is 6.92 Å². The highest BCUT2D eigenvalue weighted by Gasteiger charge is 2.16. The van der Waals surface area contributed by atoms with Gasteiger partial charge in [0.2, 0.25) is 5.13 Å². The smallest absolute Gasteiger partial charge is 0.205 e. The van der Waals surface area contributed by atoms with Gasteiger partial charge in [-0.2, -0.15) is 0 Å². The van der Waals surface area contributed by atoms with Crippen LogP contribution in [0.1, 0.15) is 37.6 Å². The Bertz CT molecular complexity index is 339. The molecule has 1 aliphatic rings. The molecule has 1 aliphatic heterocycles. The quantitative estimate of drug-likeness (QED) is 0.820. The molecule has 1 N–H and O–H groups in total. The molecule has 1 saturated heterocycles. The van der Waals surface area contributed by atoms with Crippen molar-refractivity contribution < 1.29 is 0 Å². The Labute approximate surface area is 107 Å². The van der Waals surface area contributed by atoms with E-state index >= 15 is 0 Å². The minimum absolute atomic E-state index is 0.771. The maximum atomic E-state index is 4.06. The summed E-state index contributed by atoms with van der Waals surface area (Å²) in [5, 5.41) is 13.4. The maximum Gasteiger partial charge on any atom is 0.205 e. The maximum absolute atomic E-state index is 4.06. The molecule has 0 aromatic carbocycles. The van der Waals surface area contributed by atoms with Crippen LogP contribution in [0.25, 0.3) is 0 Å². The Balaban J connectivity index is 1.62. The lowest BCUT2D eigenvalue weighted by Crippen LogP contribution is -2.38. The second-order valence-electron chi connectivity index (χ2n) is 4.79. The fraction of sp³-hybridized carbons (Fsp3) is 0.833. The Morgan fingerprint density at radius 3 is 3.00 bits per heavy atom. The van der Waals surface area contributed by atoms with Crippen molar-refractivity contribution in [3.63, 3.8) is 0 Å². The molecule has 96 valence electrons. The first-order valence-corrected chi connectivity index (χ1v) is 7.35. The van der Waals surface area contributed by atoms with Gasteiger partial charge in [0.25, 0.3) is 0 Å². The van der Waals surface area contributed by atoms with Gasteiger partial charge in [-0.1, -0.05) is 17.8 Å². The number of likely N-dealkylation sites (tertiary alicyclic amines) is 1. The minimum Gasteiger partial charge on any atom is -0.360 e. The molecule has 0 aliphatic carbocycles. The number of anilines is 1. The summed E-state index contributed by atoms with van der Waals surface area (Å²) < 4.78 is 0. The molecule has 5 heteroatoms. The Morgan fingerprint density at radius 1 is 1.41 bits per heavy atom. The van der Waals surface area contributed by atoms with E-state index in [-0.39, 0.29) is 0 Å². The van der Waals surface area contributed by atoms with Crippen molar-refractivity contribution in [3.8, 4) is 0 Å². The van der Waals surface area contributed by atoms with Gasteiger partial charge in [0.15, 0.2) is 0 Å². The van der Waals surface area contributed by atoms with Crippen LogP contribution in [0.3, 0.4) is 0 Å². The van der Waals surface area contributed by atoms with E-state index in [4.69, 9.17) is 0 Å². The molecule has 0 bridgehead atoms. The predicted octanol–water partition coefficient (Wildman–Crippen LogP) is 2.52. The van der Waals surface area contributed by atoms with Crippen LogP contribution in [0.2, 0.25) is 0 Å². The van der Waals surface area contributed by atoms with Crippen LogP contribution in [0.15, 0.2) is 0 Å². The highest BCUT2D eigenvalue weighted by atomic mass is 32.1. The fourth-order valence-corrected chi connectivity index (χ4v) is 2.95. The van der Waals surface area contributed by atoms with Crippen molar-refractivity contribution in [2.45, 2.75) is 45.6 Å². The summed E-state index contributed by atoms with van der Waals surface area (Å²) in [5.41, 5.74) is 0. The number of hydrogen-bond acceptors (Lipinski definition) is 5. The number of hydrogen-bond donors (Lipinski definition) is 1. The molecule has 17 heavy (non-hydrogen) atoms. The molecular weight excluding hydrogens is 232 g/mol. The number of nitrogens with one attached hydrogen (secondary N) is 1. The van der Waals surface area contributed by atoms with E-state index in [1.54, 1.807) is 11.3 Å². The molecular formula is C12H22N4S. The minimum atomic E-state index is 0.771. The van der Waals surface area contributed by atoms with Crippen molar-refractivity contribution in [2.75, 3.05) is 25.0 Å². The summed E-state index contributed by atoms with van der Waals surface area (Å²) in [5.74, 6) is 0. The lowest BCUT2D eigenvalue weighted by atomic mass is 10.0. The largest absolute Gasteiger partial charge is 0.360 e. The molecule has 1 unspecified atom stereocenters. The van der Waals surface area contributed by atoms with Crippen LogP contribution in [0.4, 0.5) is 5.13 Å². The third-order valence-corrected chi connectivity index (χ3v) is 4.16. The first-order chi connectivity index (χ1) is 8.25. The summed E-state index contributed by atoms with van der Waals surface area (Å²) in [7, 11) is 0. The lowest BCUT2D eigenvalue weighted by molar-refractivity contribution is 0.160. The summed E-state index contributed by atoms with van der Waals surface area (Å²) in [6.45, 7) is 7.81. The lowest BCUT2D eigenvalue weighted by Gasteiger charge is -2.33. The topological polar surface area (TPSA) is 41.1 Å². The molecule has 0 saturated carbocycles.